The molecule has 1 aliphatic rings. The highest BCUT2D eigenvalue weighted by molar-refractivity contribution is 7.80. The Morgan fingerprint density at radius 1 is 0.913 bits per heavy atom. The largest absolute Gasteiger partial charge is 0.346 e. The fourth-order valence-corrected chi connectivity index (χ4v) is 6.24. The molecule has 2 aromatic rings. The smallest absolute Gasteiger partial charge is 0.184 e. The highest BCUT2D eigenvalue weighted by atomic mass is 31.2. The monoisotopic (exact) mass is 330 g/mol. The molecular weight excluding hydrogens is 307 g/mol. The van der Waals surface area contributed by atoms with E-state index in [2.05, 4.69) is 0 Å². The summed E-state index contributed by atoms with van der Waals surface area (Å²) < 4.78 is 25.7. The Labute approximate surface area is 138 Å². The summed E-state index contributed by atoms with van der Waals surface area (Å²) in [5.41, 5.74) is 0.882. The minimum absolute atomic E-state index is 0.400. The van der Waals surface area contributed by atoms with Crippen LogP contribution in [0.2, 0.25) is 0 Å². The molecule has 0 aliphatic carbocycles. The SMILES string of the molecule is CC(C)(C)P(=O)(c1ccccc1)c1ccccc1C1OCCO1. The molecule has 1 fully saturated rings. The van der Waals surface area contributed by atoms with E-state index < -0.39 is 18.6 Å². The second-order valence-electron chi connectivity index (χ2n) is 6.75. The third kappa shape index (κ3) is 2.89. The molecule has 2 aromatic carbocycles. The first kappa shape index (κ1) is 16.4. The van der Waals surface area contributed by atoms with E-state index in [0.717, 1.165) is 16.2 Å². The van der Waals surface area contributed by atoms with Gasteiger partial charge in [0.05, 0.1) is 13.2 Å². The van der Waals surface area contributed by atoms with Crippen molar-refractivity contribution in [2.24, 2.45) is 0 Å². The van der Waals surface area contributed by atoms with Crippen LogP contribution in [0.5, 0.6) is 0 Å². The van der Waals surface area contributed by atoms with Crippen molar-refractivity contribution in [1.29, 1.82) is 0 Å². The van der Waals surface area contributed by atoms with Crippen LogP contribution in [0.1, 0.15) is 32.6 Å². The number of ether oxygens (including phenoxy) is 2. The molecule has 1 atom stereocenters. The van der Waals surface area contributed by atoms with Crippen LogP contribution < -0.4 is 10.6 Å². The minimum Gasteiger partial charge on any atom is -0.346 e. The predicted octanol–water partition coefficient (Wildman–Crippen LogP) is 3.84. The maximum Gasteiger partial charge on any atom is 0.184 e. The molecule has 122 valence electrons. The van der Waals surface area contributed by atoms with E-state index in [4.69, 9.17) is 9.47 Å². The van der Waals surface area contributed by atoms with E-state index in [1.807, 2.05) is 75.4 Å². The van der Waals surface area contributed by atoms with Crippen LogP contribution in [-0.2, 0) is 14.0 Å². The molecule has 3 nitrogen and oxygen atoms in total. The van der Waals surface area contributed by atoms with Crippen molar-refractivity contribution in [1.82, 2.24) is 0 Å². The average molecular weight is 330 g/mol. The molecule has 0 aromatic heterocycles. The maximum atomic E-state index is 14.3. The van der Waals surface area contributed by atoms with E-state index >= 15 is 0 Å². The summed E-state index contributed by atoms with van der Waals surface area (Å²) in [6.45, 7) is 7.25. The van der Waals surface area contributed by atoms with Crippen molar-refractivity contribution in [3.05, 3.63) is 60.2 Å². The second kappa shape index (κ2) is 6.24. The van der Waals surface area contributed by atoms with Gasteiger partial charge in [-0.2, -0.15) is 0 Å². The zero-order valence-electron chi connectivity index (χ0n) is 13.9. The third-order valence-corrected chi connectivity index (χ3v) is 8.22. The first-order valence-electron chi connectivity index (χ1n) is 7.93. The van der Waals surface area contributed by atoms with Gasteiger partial charge in [-0.05, 0) is 0 Å². The normalized spacial score (nSPS) is 18.7. The maximum absolute atomic E-state index is 14.3. The van der Waals surface area contributed by atoms with Gasteiger partial charge in [0.2, 0.25) is 0 Å². The zero-order valence-corrected chi connectivity index (χ0v) is 14.8. The van der Waals surface area contributed by atoms with Crippen LogP contribution in [0.25, 0.3) is 0 Å². The molecule has 0 radical (unpaired) electrons. The van der Waals surface area contributed by atoms with Crippen molar-refractivity contribution < 1.29 is 14.0 Å². The van der Waals surface area contributed by atoms with Crippen LogP contribution in [-0.4, -0.2) is 18.4 Å². The van der Waals surface area contributed by atoms with Gasteiger partial charge in [0.15, 0.2) is 6.29 Å². The molecule has 1 saturated heterocycles. The number of rotatable bonds is 3. The van der Waals surface area contributed by atoms with Crippen molar-refractivity contribution in [3.8, 4) is 0 Å². The van der Waals surface area contributed by atoms with Gasteiger partial charge >= 0.3 is 0 Å². The van der Waals surface area contributed by atoms with Crippen LogP contribution in [0.3, 0.4) is 0 Å². The summed E-state index contributed by atoms with van der Waals surface area (Å²) in [5, 5.41) is 1.31. The summed E-state index contributed by atoms with van der Waals surface area (Å²) in [6.07, 6.45) is -0.425. The Kier molecular flexibility index (Phi) is 4.46. The van der Waals surface area contributed by atoms with Crippen LogP contribution in [0, 0.1) is 0 Å². The zero-order chi connectivity index (χ0) is 16.5. The first-order valence-corrected chi connectivity index (χ1v) is 9.64. The summed E-state index contributed by atoms with van der Waals surface area (Å²) in [7, 11) is -2.86. The summed E-state index contributed by atoms with van der Waals surface area (Å²) >= 11 is 0. The Hall–Kier alpha value is -1.41. The molecule has 0 bridgehead atoms. The molecule has 0 amide bonds. The lowest BCUT2D eigenvalue weighted by molar-refractivity contribution is -0.0433. The fraction of sp³-hybridized carbons (Fsp3) is 0.368. The average Bonchev–Trinajstić information content (AvgIpc) is 3.08. The minimum atomic E-state index is -2.86. The lowest BCUT2D eigenvalue weighted by Crippen LogP contribution is -2.33. The molecule has 0 spiro atoms. The fourth-order valence-electron chi connectivity index (χ4n) is 3.04. The Bertz CT molecular complexity index is 713. The molecular formula is C19H23O3P. The Morgan fingerprint density at radius 2 is 1.48 bits per heavy atom. The quantitative estimate of drug-likeness (QED) is 0.802. The van der Waals surface area contributed by atoms with Crippen LogP contribution >= 0.6 is 7.14 Å². The highest BCUT2D eigenvalue weighted by Gasteiger charge is 2.42. The van der Waals surface area contributed by atoms with E-state index in [0.29, 0.717) is 13.2 Å². The van der Waals surface area contributed by atoms with E-state index in [1.165, 1.54) is 0 Å². The van der Waals surface area contributed by atoms with Crippen LogP contribution in [0.15, 0.2) is 54.6 Å². The van der Waals surface area contributed by atoms with Crippen molar-refractivity contribution in [2.75, 3.05) is 13.2 Å². The number of benzene rings is 2. The molecule has 1 unspecified atom stereocenters. The number of hydrogen-bond donors (Lipinski definition) is 0. The van der Waals surface area contributed by atoms with Gasteiger partial charge in [0.1, 0.15) is 7.14 Å². The summed E-state index contributed by atoms with van der Waals surface area (Å²) in [4.78, 5) is 0. The molecule has 3 rings (SSSR count). The molecule has 0 N–H and O–H groups in total. The van der Waals surface area contributed by atoms with Gasteiger partial charge in [0, 0.05) is 21.3 Å². The van der Waals surface area contributed by atoms with Gasteiger partial charge in [-0.1, -0.05) is 75.4 Å². The topological polar surface area (TPSA) is 35.5 Å². The Morgan fingerprint density at radius 3 is 2.09 bits per heavy atom. The van der Waals surface area contributed by atoms with Gasteiger partial charge in [-0.3, -0.25) is 0 Å². The predicted molar refractivity (Wildman–Crippen MR) is 94.2 cm³/mol. The van der Waals surface area contributed by atoms with Gasteiger partial charge in [0.25, 0.3) is 0 Å². The number of hydrogen-bond acceptors (Lipinski definition) is 3. The van der Waals surface area contributed by atoms with Crippen molar-refractivity contribution in [3.63, 3.8) is 0 Å². The summed E-state index contributed by atoms with van der Waals surface area (Å²) in [6, 6.07) is 17.6. The highest BCUT2D eigenvalue weighted by Crippen LogP contribution is 2.56. The van der Waals surface area contributed by atoms with Crippen molar-refractivity contribution in [2.45, 2.75) is 32.2 Å². The van der Waals surface area contributed by atoms with E-state index in [9.17, 15) is 4.57 Å². The van der Waals surface area contributed by atoms with Crippen LogP contribution in [0.4, 0.5) is 0 Å². The lowest BCUT2D eigenvalue weighted by atomic mass is 10.2. The van der Waals surface area contributed by atoms with Gasteiger partial charge < -0.3 is 14.0 Å². The third-order valence-electron chi connectivity index (χ3n) is 4.22. The van der Waals surface area contributed by atoms with Gasteiger partial charge in [-0.25, -0.2) is 0 Å². The molecule has 23 heavy (non-hydrogen) atoms. The Balaban J connectivity index is 2.22. The van der Waals surface area contributed by atoms with Gasteiger partial charge in [-0.15, -0.1) is 0 Å². The molecule has 4 heteroatoms. The van der Waals surface area contributed by atoms with Crippen molar-refractivity contribution >= 4 is 17.8 Å². The standard InChI is InChI=1S/C19H23O3P/c1-19(2,3)23(20,15-9-5-4-6-10-15)17-12-8-7-11-16(17)18-21-13-14-22-18/h4-12,18H,13-14H2,1-3H3. The van der Waals surface area contributed by atoms with E-state index in [1.54, 1.807) is 0 Å². The second-order valence-corrected chi connectivity index (χ2v) is 10.3. The van der Waals surface area contributed by atoms with E-state index in [-0.39, 0.29) is 0 Å². The summed E-state index contributed by atoms with van der Waals surface area (Å²) in [5.74, 6) is 0. The molecule has 1 heterocycles. The first-order chi connectivity index (χ1) is 10.9. The molecule has 0 saturated carbocycles. The lowest BCUT2D eigenvalue weighted by Gasteiger charge is -2.34. The molecule has 1 aliphatic heterocycles.